The second-order valence-corrected chi connectivity index (χ2v) is 5.22. The van der Waals surface area contributed by atoms with Crippen LogP contribution in [0.5, 0.6) is 0 Å². The fraction of sp³-hybridized carbons (Fsp3) is 0.429. The highest BCUT2D eigenvalue weighted by Crippen LogP contribution is 2.24. The van der Waals surface area contributed by atoms with Crippen molar-refractivity contribution in [3.8, 4) is 0 Å². The van der Waals surface area contributed by atoms with E-state index in [1.807, 2.05) is 23.7 Å². The number of nitrogens with zero attached hydrogens (tertiary/aromatic N) is 4. The largest absolute Gasteiger partial charge is 0.370 e. The first kappa shape index (κ1) is 12.0. The second kappa shape index (κ2) is 4.57. The van der Waals surface area contributed by atoms with Crippen molar-refractivity contribution in [2.24, 2.45) is 10.7 Å². The molecule has 0 saturated heterocycles. The molecule has 0 atom stereocenters. The molecular formula is C14H19N5. The highest BCUT2D eigenvalue weighted by molar-refractivity contribution is 5.78. The first-order valence-electron chi connectivity index (χ1n) is 6.60. The van der Waals surface area contributed by atoms with Gasteiger partial charge in [0.25, 0.3) is 0 Å². The molecule has 2 heterocycles. The fourth-order valence-electron chi connectivity index (χ4n) is 2.15. The molecule has 19 heavy (non-hydrogen) atoms. The van der Waals surface area contributed by atoms with E-state index in [1.54, 1.807) is 0 Å². The van der Waals surface area contributed by atoms with E-state index in [4.69, 9.17) is 5.73 Å². The smallest absolute Gasteiger partial charge is 0.191 e. The average molecular weight is 257 g/mol. The summed E-state index contributed by atoms with van der Waals surface area (Å²) in [6, 6.07) is 4.67. The molecule has 0 bridgehead atoms. The summed E-state index contributed by atoms with van der Waals surface area (Å²) in [7, 11) is 2.00. The first-order chi connectivity index (χ1) is 9.13. The molecule has 0 radical (unpaired) electrons. The van der Waals surface area contributed by atoms with E-state index in [0.29, 0.717) is 18.5 Å². The predicted molar refractivity (Wildman–Crippen MR) is 76.0 cm³/mol. The van der Waals surface area contributed by atoms with E-state index in [-0.39, 0.29) is 0 Å². The Kier molecular flexibility index (Phi) is 2.89. The first-order valence-corrected chi connectivity index (χ1v) is 6.60. The zero-order valence-electron chi connectivity index (χ0n) is 11.4. The minimum Gasteiger partial charge on any atom is -0.370 e. The number of aryl methyl sites for hydroxylation is 1. The molecule has 100 valence electrons. The summed E-state index contributed by atoms with van der Waals surface area (Å²) in [4.78, 5) is 11.0. The van der Waals surface area contributed by atoms with Gasteiger partial charge in [0.2, 0.25) is 0 Å². The van der Waals surface area contributed by atoms with Crippen LogP contribution >= 0.6 is 0 Å². The van der Waals surface area contributed by atoms with Crippen molar-refractivity contribution in [1.29, 1.82) is 0 Å². The van der Waals surface area contributed by atoms with Gasteiger partial charge in [0.1, 0.15) is 5.65 Å². The van der Waals surface area contributed by atoms with Crippen molar-refractivity contribution in [2.45, 2.75) is 32.4 Å². The standard InChI is InChI=1S/C14H19N5/c1-10-3-6-13-17-11(9-19(13)8-10)7-16-14(15)18(2)12-4-5-12/h3,6,8-9,12H,4-5,7H2,1-2H3,(H2,15,16). The van der Waals surface area contributed by atoms with Gasteiger partial charge in [-0.1, -0.05) is 6.07 Å². The molecule has 0 unspecified atom stereocenters. The van der Waals surface area contributed by atoms with Gasteiger partial charge in [-0.25, -0.2) is 9.98 Å². The normalized spacial score (nSPS) is 16.0. The summed E-state index contributed by atoms with van der Waals surface area (Å²) in [6.07, 6.45) is 6.52. The number of hydrogen-bond donors (Lipinski definition) is 1. The van der Waals surface area contributed by atoms with Crippen molar-refractivity contribution >= 4 is 11.6 Å². The number of nitrogens with two attached hydrogens (primary N) is 1. The molecule has 2 N–H and O–H groups in total. The van der Waals surface area contributed by atoms with Crippen LogP contribution < -0.4 is 5.73 Å². The second-order valence-electron chi connectivity index (χ2n) is 5.22. The Hall–Kier alpha value is -2.04. The van der Waals surface area contributed by atoms with E-state index in [0.717, 1.165) is 11.3 Å². The number of fused-ring (bicyclic) bond motifs is 1. The van der Waals surface area contributed by atoms with Crippen molar-refractivity contribution in [3.63, 3.8) is 0 Å². The van der Waals surface area contributed by atoms with Crippen LogP contribution in [0, 0.1) is 6.92 Å². The number of imidazole rings is 1. The Morgan fingerprint density at radius 2 is 2.26 bits per heavy atom. The third kappa shape index (κ3) is 2.54. The van der Waals surface area contributed by atoms with Crippen LogP contribution in [-0.2, 0) is 6.54 Å². The fourth-order valence-corrected chi connectivity index (χ4v) is 2.15. The Morgan fingerprint density at radius 1 is 1.47 bits per heavy atom. The molecule has 0 aliphatic heterocycles. The van der Waals surface area contributed by atoms with Gasteiger partial charge < -0.3 is 15.0 Å². The van der Waals surface area contributed by atoms with Gasteiger partial charge in [0.15, 0.2) is 5.96 Å². The van der Waals surface area contributed by atoms with Crippen molar-refractivity contribution in [3.05, 3.63) is 35.8 Å². The van der Waals surface area contributed by atoms with E-state index in [1.165, 1.54) is 18.4 Å². The maximum atomic E-state index is 5.97. The zero-order chi connectivity index (χ0) is 13.4. The van der Waals surface area contributed by atoms with Crippen LogP contribution in [0.4, 0.5) is 0 Å². The molecule has 1 aliphatic rings. The van der Waals surface area contributed by atoms with E-state index >= 15 is 0 Å². The SMILES string of the molecule is Cc1ccc2nc(CN=C(N)N(C)C3CC3)cn2c1. The van der Waals surface area contributed by atoms with Gasteiger partial charge >= 0.3 is 0 Å². The van der Waals surface area contributed by atoms with Crippen LogP contribution in [-0.4, -0.2) is 33.3 Å². The number of hydrogen-bond acceptors (Lipinski definition) is 2. The zero-order valence-corrected chi connectivity index (χ0v) is 11.4. The van der Waals surface area contributed by atoms with Crippen LogP contribution in [0.3, 0.4) is 0 Å². The molecular weight excluding hydrogens is 238 g/mol. The third-order valence-electron chi connectivity index (χ3n) is 3.51. The predicted octanol–water partition coefficient (Wildman–Crippen LogP) is 1.55. The lowest BCUT2D eigenvalue weighted by atomic mass is 10.3. The van der Waals surface area contributed by atoms with Gasteiger partial charge in [0, 0.05) is 25.5 Å². The lowest BCUT2D eigenvalue weighted by Crippen LogP contribution is -2.35. The molecule has 0 spiro atoms. The number of aliphatic imine (C=N–C) groups is 1. The molecule has 0 amide bonds. The van der Waals surface area contributed by atoms with Gasteiger partial charge in [-0.3, -0.25) is 0 Å². The van der Waals surface area contributed by atoms with Crippen molar-refractivity contribution < 1.29 is 0 Å². The molecule has 5 nitrogen and oxygen atoms in total. The maximum Gasteiger partial charge on any atom is 0.191 e. The molecule has 0 aromatic carbocycles. The van der Waals surface area contributed by atoms with E-state index in [9.17, 15) is 0 Å². The Balaban J connectivity index is 1.75. The van der Waals surface area contributed by atoms with Crippen molar-refractivity contribution in [1.82, 2.24) is 14.3 Å². The molecule has 1 aliphatic carbocycles. The number of pyridine rings is 1. The summed E-state index contributed by atoms with van der Waals surface area (Å²) < 4.78 is 2.03. The minimum absolute atomic E-state index is 0.531. The molecule has 3 rings (SSSR count). The number of guanidine groups is 1. The topological polar surface area (TPSA) is 58.9 Å². The summed E-state index contributed by atoms with van der Waals surface area (Å²) in [5, 5.41) is 0. The summed E-state index contributed by atoms with van der Waals surface area (Å²) in [5.41, 5.74) is 9.07. The summed E-state index contributed by atoms with van der Waals surface area (Å²) in [5.74, 6) is 0.607. The van der Waals surface area contributed by atoms with Crippen LogP contribution in [0.2, 0.25) is 0 Å². The quantitative estimate of drug-likeness (QED) is 0.670. The maximum absolute atomic E-state index is 5.97. The van der Waals surface area contributed by atoms with Gasteiger partial charge in [-0.2, -0.15) is 0 Å². The van der Waals surface area contributed by atoms with Crippen LogP contribution in [0.1, 0.15) is 24.1 Å². The molecule has 2 aromatic heterocycles. The van der Waals surface area contributed by atoms with Gasteiger partial charge in [-0.15, -0.1) is 0 Å². The Labute approximate surface area is 112 Å². The molecule has 1 saturated carbocycles. The Bertz CT molecular complexity index is 624. The highest BCUT2D eigenvalue weighted by Gasteiger charge is 2.27. The molecule has 5 heteroatoms. The van der Waals surface area contributed by atoms with Gasteiger partial charge in [0.05, 0.1) is 12.2 Å². The van der Waals surface area contributed by atoms with E-state index in [2.05, 4.69) is 34.1 Å². The molecule has 2 aromatic rings. The highest BCUT2D eigenvalue weighted by atomic mass is 15.3. The van der Waals surface area contributed by atoms with Gasteiger partial charge in [-0.05, 0) is 31.4 Å². The Morgan fingerprint density at radius 3 is 3.00 bits per heavy atom. The summed E-state index contributed by atoms with van der Waals surface area (Å²) in [6.45, 7) is 2.60. The lowest BCUT2D eigenvalue weighted by molar-refractivity contribution is 0.487. The minimum atomic E-state index is 0.531. The molecule has 1 fully saturated rings. The third-order valence-corrected chi connectivity index (χ3v) is 3.51. The average Bonchev–Trinajstić information content (AvgIpc) is 3.16. The van der Waals surface area contributed by atoms with Crippen LogP contribution in [0.15, 0.2) is 29.5 Å². The summed E-state index contributed by atoms with van der Waals surface area (Å²) >= 11 is 0. The van der Waals surface area contributed by atoms with Crippen LogP contribution in [0.25, 0.3) is 5.65 Å². The lowest BCUT2D eigenvalue weighted by Gasteiger charge is -2.16. The number of rotatable bonds is 3. The van der Waals surface area contributed by atoms with Crippen molar-refractivity contribution in [2.75, 3.05) is 7.05 Å². The number of aromatic nitrogens is 2. The van der Waals surface area contributed by atoms with E-state index < -0.39 is 0 Å². The monoisotopic (exact) mass is 257 g/mol.